The maximum absolute atomic E-state index is 3.81. The molecule has 0 amide bonds. The second-order valence-electron chi connectivity index (χ2n) is 6.45. The Labute approximate surface area is 128 Å². The summed E-state index contributed by atoms with van der Waals surface area (Å²) >= 11 is 0. The highest BCUT2D eigenvalue weighted by atomic mass is 14.9. The number of hydrogen-bond donors (Lipinski definition) is 1. The van der Waals surface area contributed by atoms with Gasteiger partial charge >= 0.3 is 0 Å². The van der Waals surface area contributed by atoms with Gasteiger partial charge in [0.1, 0.15) is 0 Å². The third-order valence-electron chi connectivity index (χ3n) is 4.68. The van der Waals surface area contributed by atoms with Gasteiger partial charge in [-0.3, -0.25) is 0 Å². The zero-order chi connectivity index (χ0) is 14.5. The van der Waals surface area contributed by atoms with Crippen molar-refractivity contribution in [1.29, 1.82) is 0 Å². The maximum Gasteiger partial charge on any atom is 0.0576 e. The number of hydrogen-bond acceptors (Lipinski definition) is 1. The molecule has 1 N–H and O–H groups in total. The van der Waals surface area contributed by atoms with Crippen LogP contribution in [0, 0.1) is 11.8 Å². The summed E-state index contributed by atoms with van der Waals surface area (Å²) in [6.45, 7) is 3.50. The van der Waals surface area contributed by atoms with Crippen LogP contribution in [-0.4, -0.2) is 6.54 Å². The second-order valence-corrected chi connectivity index (χ2v) is 6.45. The fourth-order valence-electron chi connectivity index (χ4n) is 3.51. The topological polar surface area (TPSA) is 12.0 Å². The van der Waals surface area contributed by atoms with Crippen molar-refractivity contribution in [3.63, 3.8) is 0 Å². The summed E-state index contributed by atoms with van der Waals surface area (Å²) in [6, 6.07) is 21.9. The molecular formula is C20H25N. The van der Waals surface area contributed by atoms with E-state index < -0.39 is 0 Å². The molecule has 0 aliphatic heterocycles. The summed E-state index contributed by atoms with van der Waals surface area (Å²) in [5, 5.41) is 3.81. The van der Waals surface area contributed by atoms with Crippen LogP contribution in [0.3, 0.4) is 0 Å². The van der Waals surface area contributed by atoms with Crippen LogP contribution in [-0.2, 0) is 0 Å². The SMILES string of the molecule is CC1CCC(CNC(c2ccccc2)c2ccccc2)C1. The van der Waals surface area contributed by atoms with Gasteiger partial charge in [0, 0.05) is 0 Å². The van der Waals surface area contributed by atoms with Crippen LogP contribution >= 0.6 is 0 Å². The summed E-state index contributed by atoms with van der Waals surface area (Å²) in [5.74, 6) is 1.75. The molecule has 0 spiro atoms. The van der Waals surface area contributed by atoms with Gasteiger partial charge < -0.3 is 5.32 Å². The average molecular weight is 279 g/mol. The summed E-state index contributed by atoms with van der Waals surface area (Å²) < 4.78 is 0. The molecule has 0 bridgehead atoms. The van der Waals surface area contributed by atoms with E-state index in [2.05, 4.69) is 72.9 Å². The van der Waals surface area contributed by atoms with Crippen LogP contribution in [0.15, 0.2) is 60.7 Å². The minimum absolute atomic E-state index is 0.309. The first kappa shape index (κ1) is 14.3. The van der Waals surface area contributed by atoms with E-state index in [0.29, 0.717) is 6.04 Å². The van der Waals surface area contributed by atoms with E-state index in [1.54, 1.807) is 0 Å². The molecule has 2 atom stereocenters. The van der Waals surface area contributed by atoms with Crippen LogP contribution in [0.25, 0.3) is 0 Å². The van der Waals surface area contributed by atoms with Crippen molar-refractivity contribution in [2.45, 2.75) is 32.2 Å². The summed E-state index contributed by atoms with van der Waals surface area (Å²) in [6.07, 6.45) is 4.15. The average Bonchev–Trinajstić information content (AvgIpc) is 2.95. The normalized spacial score (nSPS) is 21.8. The van der Waals surface area contributed by atoms with Gasteiger partial charge in [-0.05, 0) is 42.3 Å². The summed E-state index contributed by atoms with van der Waals surface area (Å²) in [7, 11) is 0. The quantitative estimate of drug-likeness (QED) is 0.829. The predicted octanol–water partition coefficient (Wildman–Crippen LogP) is 4.80. The molecule has 1 nitrogen and oxygen atoms in total. The lowest BCUT2D eigenvalue weighted by Crippen LogP contribution is -2.27. The summed E-state index contributed by atoms with van der Waals surface area (Å²) in [5.41, 5.74) is 2.71. The first-order chi connectivity index (χ1) is 10.3. The van der Waals surface area contributed by atoms with Gasteiger partial charge in [-0.25, -0.2) is 0 Å². The Hall–Kier alpha value is -1.60. The van der Waals surface area contributed by atoms with E-state index >= 15 is 0 Å². The van der Waals surface area contributed by atoms with Gasteiger partial charge in [0.15, 0.2) is 0 Å². The monoisotopic (exact) mass is 279 g/mol. The van der Waals surface area contributed by atoms with Crippen molar-refractivity contribution in [2.75, 3.05) is 6.54 Å². The van der Waals surface area contributed by atoms with Gasteiger partial charge in [0.05, 0.1) is 6.04 Å². The van der Waals surface area contributed by atoms with Gasteiger partial charge in [0.2, 0.25) is 0 Å². The molecule has 3 rings (SSSR count). The van der Waals surface area contributed by atoms with Crippen LogP contribution in [0.1, 0.15) is 43.4 Å². The van der Waals surface area contributed by atoms with E-state index in [0.717, 1.165) is 18.4 Å². The largest absolute Gasteiger partial charge is 0.306 e. The zero-order valence-corrected chi connectivity index (χ0v) is 12.8. The van der Waals surface area contributed by atoms with Gasteiger partial charge in [0.25, 0.3) is 0 Å². The molecule has 2 aromatic carbocycles. The minimum atomic E-state index is 0.309. The van der Waals surface area contributed by atoms with Gasteiger partial charge in [-0.1, -0.05) is 74.0 Å². The number of nitrogens with one attached hydrogen (secondary N) is 1. The fraction of sp³-hybridized carbons (Fsp3) is 0.400. The van der Waals surface area contributed by atoms with Gasteiger partial charge in [-0.2, -0.15) is 0 Å². The Bertz CT molecular complexity index is 495. The standard InChI is InChI=1S/C20H25N/c1-16-12-13-17(14-16)15-21-20(18-8-4-2-5-9-18)19-10-6-3-7-11-19/h2-11,16-17,20-21H,12-15H2,1H3. The van der Waals surface area contributed by atoms with Crippen LogP contribution in [0.5, 0.6) is 0 Å². The van der Waals surface area contributed by atoms with Gasteiger partial charge in [-0.15, -0.1) is 0 Å². The number of rotatable bonds is 5. The molecule has 0 saturated heterocycles. The Balaban J connectivity index is 1.74. The third kappa shape index (κ3) is 3.74. The van der Waals surface area contributed by atoms with Crippen molar-refractivity contribution < 1.29 is 0 Å². The molecule has 0 aromatic heterocycles. The van der Waals surface area contributed by atoms with Crippen molar-refractivity contribution in [3.05, 3.63) is 71.8 Å². The lowest BCUT2D eigenvalue weighted by molar-refractivity contribution is 0.450. The van der Waals surface area contributed by atoms with Crippen molar-refractivity contribution in [2.24, 2.45) is 11.8 Å². The van der Waals surface area contributed by atoms with E-state index in [9.17, 15) is 0 Å². The first-order valence-electron chi connectivity index (χ1n) is 8.16. The van der Waals surface area contributed by atoms with Crippen molar-refractivity contribution in [1.82, 2.24) is 5.32 Å². The van der Waals surface area contributed by atoms with E-state index in [-0.39, 0.29) is 0 Å². The molecule has 1 saturated carbocycles. The Kier molecular flexibility index (Phi) is 4.72. The molecule has 1 aliphatic carbocycles. The zero-order valence-electron chi connectivity index (χ0n) is 12.8. The molecule has 2 unspecified atom stereocenters. The van der Waals surface area contributed by atoms with Crippen molar-refractivity contribution >= 4 is 0 Å². The molecular weight excluding hydrogens is 254 g/mol. The summed E-state index contributed by atoms with van der Waals surface area (Å²) in [4.78, 5) is 0. The Morgan fingerprint density at radius 3 is 1.95 bits per heavy atom. The molecule has 0 radical (unpaired) electrons. The Morgan fingerprint density at radius 1 is 0.905 bits per heavy atom. The predicted molar refractivity (Wildman–Crippen MR) is 89.2 cm³/mol. The fourth-order valence-corrected chi connectivity index (χ4v) is 3.51. The van der Waals surface area contributed by atoms with E-state index in [4.69, 9.17) is 0 Å². The smallest absolute Gasteiger partial charge is 0.0576 e. The molecule has 2 aromatic rings. The molecule has 1 heteroatoms. The minimum Gasteiger partial charge on any atom is -0.306 e. The van der Waals surface area contributed by atoms with E-state index in [1.807, 2.05) is 0 Å². The molecule has 1 fully saturated rings. The van der Waals surface area contributed by atoms with Crippen molar-refractivity contribution in [3.8, 4) is 0 Å². The van der Waals surface area contributed by atoms with Crippen LogP contribution in [0.2, 0.25) is 0 Å². The second kappa shape index (κ2) is 6.91. The first-order valence-corrected chi connectivity index (χ1v) is 8.16. The van der Waals surface area contributed by atoms with Crippen LogP contribution in [0.4, 0.5) is 0 Å². The Morgan fingerprint density at radius 2 is 1.48 bits per heavy atom. The lowest BCUT2D eigenvalue weighted by Gasteiger charge is -2.22. The lowest BCUT2D eigenvalue weighted by atomic mass is 9.97. The number of benzene rings is 2. The molecule has 0 heterocycles. The molecule has 1 aliphatic rings. The molecule has 21 heavy (non-hydrogen) atoms. The molecule has 110 valence electrons. The maximum atomic E-state index is 3.81. The van der Waals surface area contributed by atoms with E-state index in [1.165, 1.54) is 30.4 Å². The highest BCUT2D eigenvalue weighted by molar-refractivity contribution is 5.31. The van der Waals surface area contributed by atoms with Crippen LogP contribution < -0.4 is 5.32 Å². The highest BCUT2D eigenvalue weighted by Gasteiger charge is 2.22. The highest BCUT2D eigenvalue weighted by Crippen LogP contribution is 2.31. The third-order valence-corrected chi connectivity index (χ3v) is 4.68.